The lowest BCUT2D eigenvalue weighted by Gasteiger charge is -2.18. The maximum atomic E-state index is 13.1. The van der Waals surface area contributed by atoms with Gasteiger partial charge in [0.1, 0.15) is 5.75 Å². The van der Waals surface area contributed by atoms with Crippen LogP contribution >= 0.6 is 0 Å². The van der Waals surface area contributed by atoms with Gasteiger partial charge in [0.05, 0.1) is 35.2 Å². The normalized spacial score (nSPS) is 12.0. The molecule has 10 heteroatoms. The number of hydrogen-bond acceptors (Lipinski definition) is 3. The second-order valence-electron chi connectivity index (χ2n) is 5.10. The van der Waals surface area contributed by atoms with Gasteiger partial charge < -0.3 is 15.2 Å². The predicted octanol–water partition coefficient (Wildman–Crippen LogP) is 5.17. The third-order valence-corrected chi connectivity index (χ3v) is 3.37. The largest absolute Gasteiger partial charge is 0.495 e. The first-order valence-corrected chi connectivity index (χ1v) is 6.90. The number of anilines is 2. The predicted molar refractivity (Wildman–Crippen MR) is 79.7 cm³/mol. The molecular weight excluding hydrogens is 368 g/mol. The van der Waals surface area contributed by atoms with Gasteiger partial charge in [-0.15, -0.1) is 0 Å². The molecule has 0 saturated carbocycles. The Kier molecular flexibility index (Phi) is 5.06. The Hall–Kier alpha value is -2.91. The van der Waals surface area contributed by atoms with E-state index >= 15 is 0 Å². The molecule has 0 atom stereocenters. The molecule has 0 unspecified atom stereocenters. The first-order chi connectivity index (χ1) is 11.9. The Morgan fingerprint density at radius 1 is 0.962 bits per heavy atom. The third-order valence-electron chi connectivity index (χ3n) is 3.37. The summed E-state index contributed by atoms with van der Waals surface area (Å²) in [6.07, 6.45) is -9.78. The van der Waals surface area contributed by atoms with Crippen LogP contribution in [-0.4, -0.2) is 18.2 Å². The summed E-state index contributed by atoms with van der Waals surface area (Å²) in [5.41, 5.74) is -4.02. The number of alkyl halides is 6. The van der Waals surface area contributed by atoms with E-state index in [-0.39, 0.29) is 17.0 Å². The van der Waals surface area contributed by atoms with Crippen molar-refractivity contribution in [3.8, 4) is 5.75 Å². The molecule has 0 radical (unpaired) electrons. The number of carbonyl (C=O) groups is 1. The minimum atomic E-state index is -4.93. The van der Waals surface area contributed by atoms with Gasteiger partial charge in [-0.25, -0.2) is 4.79 Å². The summed E-state index contributed by atoms with van der Waals surface area (Å²) in [5.74, 6) is -1.41. The fourth-order valence-electron chi connectivity index (χ4n) is 2.15. The van der Waals surface area contributed by atoms with Gasteiger partial charge in [-0.2, -0.15) is 26.3 Å². The minimum Gasteiger partial charge on any atom is -0.495 e. The maximum Gasteiger partial charge on any atom is 0.418 e. The summed E-state index contributed by atoms with van der Waals surface area (Å²) in [7, 11) is 1.18. The molecule has 0 bridgehead atoms. The molecule has 0 amide bonds. The van der Waals surface area contributed by atoms with Crippen LogP contribution in [0.2, 0.25) is 0 Å². The zero-order valence-electron chi connectivity index (χ0n) is 13.0. The van der Waals surface area contributed by atoms with E-state index in [1.54, 1.807) is 0 Å². The minimum absolute atomic E-state index is 0.0412. The number of aromatic carboxylic acids is 1. The summed E-state index contributed by atoms with van der Waals surface area (Å²) in [6.45, 7) is 0. The monoisotopic (exact) mass is 379 g/mol. The van der Waals surface area contributed by atoms with Gasteiger partial charge in [0.15, 0.2) is 0 Å². The number of halogens is 6. The number of rotatable bonds is 4. The second-order valence-corrected chi connectivity index (χ2v) is 5.10. The van der Waals surface area contributed by atoms with Crippen LogP contribution in [0, 0.1) is 0 Å². The van der Waals surface area contributed by atoms with Gasteiger partial charge in [0.2, 0.25) is 0 Å². The van der Waals surface area contributed by atoms with E-state index in [1.165, 1.54) is 13.2 Å². The lowest BCUT2D eigenvalue weighted by molar-refractivity contribution is -0.140. The van der Waals surface area contributed by atoms with Crippen molar-refractivity contribution in [2.45, 2.75) is 12.4 Å². The molecule has 0 aromatic heterocycles. The lowest BCUT2D eigenvalue weighted by Crippen LogP contribution is -2.12. The molecule has 0 aliphatic rings. The van der Waals surface area contributed by atoms with E-state index in [0.717, 1.165) is 12.1 Å². The van der Waals surface area contributed by atoms with Crippen LogP contribution in [0.1, 0.15) is 21.5 Å². The fourth-order valence-corrected chi connectivity index (χ4v) is 2.15. The number of benzene rings is 2. The van der Waals surface area contributed by atoms with Crippen molar-refractivity contribution in [2.24, 2.45) is 0 Å². The van der Waals surface area contributed by atoms with Crippen LogP contribution in [0.5, 0.6) is 5.75 Å². The lowest BCUT2D eigenvalue weighted by atomic mass is 10.1. The van der Waals surface area contributed by atoms with E-state index in [9.17, 15) is 31.1 Å². The Bertz CT molecular complexity index is 830. The summed E-state index contributed by atoms with van der Waals surface area (Å²) in [4.78, 5) is 11.0. The van der Waals surface area contributed by atoms with Crippen molar-refractivity contribution in [3.63, 3.8) is 0 Å². The number of methoxy groups -OCH3 is 1. The van der Waals surface area contributed by atoms with Crippen molar-refractivity contribution >= 4 is 17.3 Å². The Morgan fingerprint density at radius 2 is 1.62 bits per heavy atom. The first-order valence-electron chi connectivity index (χ1n) is 6.90. The van der Waals surface area contributed by atoms with Crippen molar-refractivity contribution < 1.29 is 41.0 Å². The molecule has 0 saturated heterocycles. The molecule has 4 nitrogen and oxygen atoms in total. The molecule has 140 valence electrons. The quantitative estimate of drug-likeness (QED) is 0.720. The van der Waals surface area contributed by atoms with E-state index in [4.69, 9.17) is 9.84 Å². The summed E-state index contributed by atoms with van der Waals surface area (Å²) >= 11 is 0. The van der Waals surface area contributed by atoms with E-state index in [0.29, 0.717) is 18.2 Å². The van der Waals surface area contributed by atoms with Crippen molar-refractivity contribution in [3.05, 3.63) is 53.1 Å². The Balaban J connectivity index is 2.60. The zero-order chi connectivity index (χ0) is 19.7. The van der Waals surface area contributed by atoms with Crippen molar-refractivity contribution in [1.29, 1.82) is 0 Å². The molecule has 0 heterocycles. The summed E-state index contributed by atoms with van der Waals surface area (Å²) in [6, 6.07) is 4.20. The van der Waals surface area contributed by atoms with Crippen LogP contribution in [0.4, 0.5) is 37.7 Å². The van der Waals surface area contributed by atoms with E-state index < -0.39 is 35.1 Å². The average Bonchev–Trinajstić information content (AvgIpc) is 2.52. The molecule has 2 rings (SSSR count). The molecular formula is C16H11F6NO3. The van der Waals surface area contributed by atoms with Gasteiger partial charge in [0.25, 0.3) is 0 Å². The van der Waals surface area contributed by atoms with Gasteiger partial charge >= 0.3 is 18.3 Å². The topological polar surface area (TPSA) is 58.6 Å². The summed E-state index contributed by atoms with van der Waals surface area (Å²) in [5, 5.41) is 11.2. The van der Waals surface area contributed by atoms with Crippen LogP contribution in [0.15, 0.2) is 36.4 Å². The van der Waals surface area contributed by atoms with Gasteiger partial charge in [-0.1, -0.05) is 0 Å². The van der Waals surface area contributed by atoms with Gasteiger partial charge in [-0.05, 0) is 36.4 Å². The highest BCUT2D eigenvalue weighted by molar-refractivity contribution is 5.90. The fraction of sp³-hybridized carbons (Fsp3) is 0.188. The zero-order valence-corrected chi connectivity index (χ0v) is 13.0. The van der Waals surface area contributed by atoms with E-state index in [2.05, 4.69) is 5.32 Å². The molecule has 0 aliphatic carbocycles. The maximum absolute atomic E-state index is 13.1. The van der Waals surface area contributed by atoms with Gasteiger partial charge in [0, 0.05) is 0 Å². The molecule has 0 aliphatic heterocycles. The highest BCUT2D eigenvalue weighted by Crippen LogP contribution is 2.41. The molecule has 26 heavy (non-hydrogen) atoms. The van der Waals surface area contributed by atoms with Crippen LogP contribution < -0.4 is 10.1 Å². The summed E-state index contributed by atoms with van der Waals surface area (Å²) < 4.78 is 82.8. The first kappa shape index (κ1) is 19.4. The van der Waals surface area contributed by atoms with Crippen LogP contribution in [0.25, 0.3) is 0 Å². The number of carboxylic acids is 1. The smallest absolute Gasteiger partial charge is 0.418 e. The van der Waals surface area contributed by atoms with Crippen LogP contribution in [0.3, 0.4) is 0 Å². The van der Waals surface area contributed by atoms with Crippen LogP contribution in [-0.2, 0) is 12.4 Å². The Morgan fingerprint density at radius 3 is 2.12 bits per heavy atom. The van der Waals surface area contributed by atoms with Crippen molar-refractivity contribution in [1.82, 2.24) is 0 Å². The van der Waals surface area contributed by atoms with Gasteiger partial charge in [-0.3, -0.25) is 0 Å². The third kappa shape index (κ3) is 4.19. The molecule has 2 N–H and O–H groups in total. The molecule has 2 aromatic carbocycles. The molecule has 0 fully saturated rings. The van der Waals surface area contributed by atoms with Crippen molar-refractivity contribution in [2.75, 3.05) is 12.4 Å². The van der Waals surface area contributed by atoms with E-state index in [1.807, 2.05) is 0 Å². The number of carboxylic acid groups (broad SMARTS) is 1. The number of nitrogens with one attached hydrogen (secondary N) is 1. The number of hydrogen-bond donors (Lipinski definition) is 2. The standard InChI is InChI=1S/C16H11F6NO3/c1-26-13-5-2-8(14(24)25)6-12(13)23-11-7-9(15(17,18)19)3-4-10(11)16(20,21)22/h2-7,23H,1H3,(H,24,25). The number of ether oxygens (including phenoxy) is 1. The molecule has 2 aromatic rings. The highest BCUT2D eigenvalue weighted by atomic mass is 19.4. The average molecular weight is 379 g/mol. The SMILES string of the molecule is COc1ccc(C(=O)O)cc1Nc1cc(C(F)(F)F)ccc1C(F)(F)F. The second kappa shape index (κ2) is 6.77. The Labute approximate surface area is 143 Å². The molecule has 0 spiro atoms. The highest BCUT2D eigenvalue weighted by Gasteiger charge is 2.37.